The number of hydrogen-bond acceptors (Lipinski definition) is 2. The van der Waals surface area contributed by atoms with Gasteiger partial charge in [-0.25, -0.2) is 0 Å². The monoisotopic (exact) mass is 215 g/mol. The van der Waals surface area contributed by atoms with Gasteiger partial charge in [-0.2, -0.15) is 0 Å². The van der Waals surface area contributed by atoms with Crippen LogP contribution in [-0.2, 0) is 6.42 Å². The molecular weight excluding hydrogens is 198 g/mol. The Morgan fingerprint density at radius 3 is 3.19 bits per heavy atom. The summed E-state index contributed by atoms with van der Waals surface area (Å²) in [5, 5.41) is 4.77. The van der Waals surface area contributed by atoms with Crippen LogP contribution in [0.5, 0.6) is 0 Å². The molecule has 2 nitrogen and oxygen atoms in total. The first-order chi connectivity index (χ1) is 7.83. The summed E-state index contributed by atoms with van der Waals surface area (Å²) in [6.45, 7) is 3.35. The van der Waals surface area contributed by atoms with Crippen molar-refractivity contribution in [3.05, 3.63) is 35.6 Å². The molecule has 1 fully saturated rings. The van der Waals surface area contributed by atoms with E-state index in [2.05, 4.69) is 24.4 Å². The standard InChI is InChI=1S/C14H17NO/c1-10-7-14-11(4-6-16-14)8-12(10)9-13-3-2-5-15-13/h4,6-8,13,15H,2-3,5,9H2,1H3. The first kappa shape index (κ1) is 9.91. The molecule has 0 radical (unpaired) electrons. The third kappa shape index (κ3) is 1.74. The Kier molecular flexibility index (Phi) is 2.44. The normalized spacial score (nSPS) is 20.7. The highest BCUT2D eigenvalue weighted by atomic mass is 16.3. The van der Waals surface area contributed by atoms with Gasteiger partial charge in [0.25, 0.3) is 0 Å². The molecule has 1 aromatic heterocycles. The van der Waals surface area contributed by atoms with Crippen molar-refractivity contribution in [3.8, 4) is 0 Å². The van der Waals surface area contributed by atoms with Crippen molar-refractivity contribution < 1.29 is 4.42 Å². The van der Waals surface area contributed by atoms with Crippen LogP contribution < -0.4 is 5.32 Å². The summed E-state index contributed by atoms with van der Waals surface area (Å²) in [5.74, 6) is 0. The Morgan fingerprint density at radius 1 is 1.44 bits per heavy atom. The number of hydrogen-bond donors (Lipinski definition) is 1. The maximum absolute atomic E-state index is 5.41. The molecule has 0 spiro atoms. The lowest BCUT2D eigenvalue weighted by molar-refractivity contribution is 0.600. The molecule has 2 aromatic rings. The maximum Gasteiger partial charge on any atom is 0.134 e. The molecular formula is C14H17NO. The maximum atomic E-state index is 5.41. The van der Waals surface area contributed by atoms with Gasteiger partial charge < -0.3 is 9.73 Å². The van der Waals surface area contributed by atoms with E-state index in [0.717, 1.165) is 12.0 Å². The summed E-state index contributed by atoms with van der Waals surface area (Å²) >= 11 is 0. The van der Waals surface area contributed by atoms with E-state index in [4.69, 9.17) is 4.42 Å². The lowest BCUT2D eigenvalue weighted by atomic mass is 9.99. The van der Waals surface area contributed by atoms with Gasteiger partial charge in [-0.3, -0.25) is 0 Å². The minimum absolute atomic E-state index is 0.669. The molecule has 16 heavy (non-hydrogen) atoms. The average Bonchev–Trinajstić information content (AvgIpc) is 2.89. The van der Waals surface area contributed by atoms with Gasteiger partial charge in [0, 0.05) is 11.4 Å². The minimum Gasteiger partial charge on any atom is -0.464 e. The molecule has 0 aliphatic carbocycles. The van der Waals surface area contributed by atoms with Crippen molar-refractivity contribution in [1.82, 2.24) is 5.32 Å². The van der Waals surface area contributed by atoms with Crippen molar-refractivity contribution in [2.24, 2.45) is 0 Å². The predicted octanol–water partition coefficient (Wildman–Crippen LogP) is 3.04. The van der Waals surface area contributed by atoms with Gasteiger partial charge >= 0.3 is 0 Å². The smallest absolute Gasteiger partial charge is 0.134 e. The first-order valence-electron chi connectivity index (χ1n) is 6.03. The molecule has 0 amide bonds. The summed E-state index contributed by atoms with van der Waals surface area (Å²) in [6.07, 6.45) is 5.54. The van der Waals surface area contributed by atoms with E-state index in [0.29, 0.717) is 6.04 Å². The van der Waals surface area contributed by atoms with Gasteiger partial charge in [0.15, 0.2) is 0 Å². The van der Waals surface area contributed by atoms with Crippen LogP contribution >= 0.6 is 0 Å². The lowest BCUT2D eigenvalue weighted by Crippen LogP contribution is -2.23. The summed E-state index contributed by atoms with van der Waals surface area (Å²) in [4.78, 5) is 0. The van der Waals surface area contributed by atoms with E-state index in [1.54, 1.807) is 6.26 Å². The van der Waals surface area contributed by atoms with Crippen LogP contribution in [0.3, 0.4) is 0 Å². The topological polar surface area (TPSA) is 25.2 Å². The Hall–Kier alpha value is -1.28. The van der Waals surface area contributed by atoms with Crippen LogP contribution in [0.2, 0.25) is 0 Å². The fraction of sp³-hybridized carbons (Fsp3) is 0.429. The van der Waals surface area contributed by atoms with Gasteiger partial charge in [0.05, 0.1) is 6.26 Å². The van der Waals surface area contributed by atoms with Crippen molar-refractivity contribution >= 4 is 11.0 Å². The molecule has 1 saturated heterocycles. The van der Waals surface area contributed by atoms with Gasteiger partial charge in [0.2, 0.25) is 0 Å². The number of fused-ring (bicyclic) bond motifs is 1. The second-order valence-corrected chi connectivity index (χ2v) is 4.73. The predicted molar refractivity (Wildman–Crippen MR) is 65.7 cm³/mol. The lowest BCUT2D eigenvalue weighted by Gasteiger charge is -2.12. The number of benzene rings is 1. The third-order valence-electron chi connectivity index (χ3n) is 3.54. The highest BCUT2D eigenvalue weighted by Crippen LogP contribution is 2.23. The second-order valence-electron chi connectivity index (χ2n) is 4.73. The zero-order valence-electron chi connectivity index (χ0n) is 9.62. The molecule has 1 aliphatic heterocycles. The molecule has 2 heterocycles. The molecule has 84 valence electrons. The molecule has 1 unspecified atom stereocenters. The van der Waals surface area contributed by atoms with Crippen molar-refractivity contribution in [2.75, 3.05) is 6.54 Å². The van der Waals surface area contributed by atoms with Gasteiger partial charge in [-0.1, -0.05) is 0 Å². The summed E-state index contributed by atoms with van der Waals surface area (Å²) in [5.41, 5.74) is 3.80. The zero-order valence-corrected chi connectivity index (χ0v) is 9.62. The highest BCUT2D eigenvalue weighted by molar-refractivity contribution is 5.78. The highest BCUT2D eigenvalue weighted by Gasteiger charge is 2.15. The van der Waals surface area contributed by atoms with Gasteiger partial charge in [-0.05, 0) is 62.1 Å². The SMILES string of the molecule is Cc1cc2occc2cc1CC1CCCN1. The van der Waals surface area contributed by atoms with E-state index in [-0.39, 0.29) is 0 Å². The summed E-state index contributed by atoms with van der Waals surface area (Å²) in [7, 11) is 0. The molecule has 1 N–H and O–H groups in total. The minimum atomic E-state index is 0.669. The van der Waals surface area contributed by atoms with Crippen LogP contribution in [0.1, 0.15) is 24.0 Å². The largest absolute Gasteiger partial charge is 0.464 e. The number of nitrogens with one attached hydrogen (secondary N) is 1. The Labute approximate surface area is 95.6 Å². The van der Waals surface area contributed by atoms with Crippen LogP contribution in [0, 0.1) is 6.92 Å². The molecule has 1 aliphatic rings. The van der Waals surface area contributed by atoms with Gasteiger partial charge in [0.1, 0.15) is 5.58 Å². The molecule has 2 heteroatoms. The van der Waals surface area contributed by atoms with Crippen LogP contribution in [0.15, 0.2) is 28.9 Å². The fourth-order valence-corrected chi connectivity index (χ4v) is 2.57. The Balaban J connectivity index is 1.92. The average molecular weight is 215 g/mol. The molecule has 1 atom stereocenters. The molecule has 0 bridgehead atoms. The number of furan rings is 1. The fourth-order valence-electron chi connectivity index (χ4n) is 2.57. The summed E-state index contributed by atoms with van der Waals surface area (Å²) < 4.78 is 5.41. The Bertz CT molecular complexity index is 494. The van der Waals surface area contributed by atoms with E-state index >= 15 is 0 Å². The number of rotatable bonds is 2. The van der Waals surface area contributed by atoms with E-state index in [1.807, 2.05) is 6.07 Å². The molecule has 0 saturated carbocycles. The van der Waals surface area contributed by atoms with E-state index in [1.165, 1.54) is 35.9 Å². The van der Waals surface area contributed by atoms with Crippen molar-refractivity contribution in [1.29, 1.82) is 0 Å². The second kappa shape index (κ2) is 3.95. The van der Waals surface area contributed by atoms with E-state index < -0.39 is 0 Å². The summed E-state index contributed by atoms with van der Waals surface area (Å²) in [6, 6.07) is 7.14. The quantitative estimate of drug-likeness (QED) is 0.833. The zero-order chi connectivity index (χ0) is 11.0. The van der Waals surface area contributed by atoms with Crippen LogP contribution in [-0.4, -0.2) is 12.6 Å². The Morgan fingerprint density at radius 2 is 2.38 bits per heavy atom. The first-order valence-corrected chi connectivity index (χ1v) is 6.03. The van der Waals surface area contributed by atoms with Crippen molar-refractivity contribution in [3.63, 3.8) is 0 Å². The molecule has 3 rings (SSSR count). The van der Waals surface area contributed by atoms with E-state index in [9.17, 15) is 0 Å². The molecule has 1 aromatic carbocycles. The van der Waals surface area contributed by atoms with Crippen LogP contribution in [0.4, 0.5) is 0 Å². The third-order valence-corrected chi connectivity index (χ3v) is 3.54. The van der Waals surface area contributed by atoms with Crippen LogP contribution in [0.25, 0.3) is 11.0 Å². The van der Waals surface area contributed by atoms with Gasteiger partial charge in [-0.15, -0.1) is 0 Å². The number of aryl methyl sites for hydroxylation is 1. The van der Waals surface area contributed by atoms with Crippen molar-refractivity contribution in [2.45, 2.75) is 32.2 Å².